The zero-order valence-electron chi connectivity index (χ0n) is 30.3. The van der Waals surface area contributed by atoms with Crippen molar-refractivity contribution >= 4 is 31.5 Å². The third kappa shape index (κ3) is 4.32. The van der Waals surface area contributed by atoms with Gasteiger partial charge in [0.25, 0.3) is 0 Å². The fourth-order valence-corrected chi connectivity index (χ4v) is 10.9. The topological polar surface area (TPSA) is 25.8 Å². The molecule has 12 rings (SSSR count). The van der Waals surface area contributed by atoms with Gasteiger partial charge in [0.1, 0.15) is 0 Å². The Hall–Kier alpha value is -6.94. The van der Waals surface area contributed by atoms with Gasteiger partial charge in [0, 0.05) is 36.9 Å². The predicted molar refractivity (Wildman–Crippen MR) is 233 cm³/mol. The van der Waals surface area contributed by atoms with Crippen molar-refractivity contribution in [2.24, 2.45) is 0 Å². The summed E-state index contributed by atoms with van der Waals surface area (Å²) in [6.07, 6.45) is 0. The summed E-state index contributed by atoms with van der Waals surface area (Å²) in [5, 5.41) is 2.53. The number of hydrogen-bond acceptors (Lipinski definition) is 3. The van der Waals surface area contributed by atoms with Crippen molar-refractivity contribution in [2.45, 2.75) is 5.41 Å². The van der Waals surface area contributed by atoms with Gasteiger partial charge >= 0.3 is 0 Å². The monoisotopic (exact) mass is 728 g/mol. The highest BCUT2D eigenvalue weighted by atomic mass is 32.1. The molecule has 0 atom stereocenters. The zero-order valence-corrected chi connectivity index (χ0v) is 31.1. The first kappa shape index (κ1) is 31.4. The second-order valence-corrected chi connectivity index (χ2v) is 15.8. The molecule has 2 nitrogen and oxygen atoms in total. The highest BCUT2D eigenvalue weighted by Gasteiger charge is 2.52. The maximum absolute atomic E-state index is 5.62. The fraction of sp³-hybridized carbons (Fsp3) is 0.0189. The average molecular weight is 729 g/mol. The third-order valence-corrected chi connectivity index (χ3v) is 13.2. The van der Waals surface area contributed by atoms with E-state index in [9.17, 15) is 0 Å². The van der Waals surface area contributed by atoms with E-state index >= 15 is 0 Å². The number of aromatic nitrogens is 2. The summed E-state index contributed by atoms with van der Waals surface area (Å²) < 4.78 is 2.51. The minimum absolute atomic E-state index is 0.525. The van der Waals surface area contributed by atoms with E-state index in [1.54, 1.807) is 0 Å². The molecule has 3 heteroatoms. The lowest BCUT2D eigenvalue weighted by Gasteiger charge is -2.32. The fourth-order valence-electron chi connectivity index (χ4n) is 9.71. The molecule has 56 heavy (non-hydrogen) atoms. The van der Waals surface area contributed by atoms with Crippen molar-refractivity contribution < 1.29 is 0 Å². The standard InChI is InChI=1S/C53H32N2S/c1-2-16-33(17-3-1)34-18-4-5-22-38(34)47-32-48(42-26-15-25-41-39-23-9-13-31-49(39)56-51(41)42)55-52(54-47)43-27-14-24-40-37-21-8-12-30-46(37)53(50(40)43)44-28-10-6-19-35(44)36-20-7-11-29-45(36)53/h1-32H. The maximum atomic E-state index is 5.62. The minimum atomic E-state index is -0.525. The summed E-state index contributed by atoms with van der Waals surface area (Å²) in [5.41, 5.74) is 17.1. The van der Waals surface area contributed by atoms with Crippen molar-refractivity contribution in [3.63, 3.8) is 0 Å². The van der Waals surface area contributed by atoms with E-state index in [-0.39, 0.29) is 0 Å². The van der Waals surface area contributed by atoms with Crippen LogP contribution in [0.2, 0.25) is 0 Å². The molecular formula is C53H32N2S. The molecule has 0 aliphatic heterocycles. The van der Waals surface area contributed by atoms with Gasteiger partial charge < -0.3 is 0 Å². The van der Waals surface area contributed by atoms with Gasteiger partial charge in [0.2, 0.25) is 0 Å². The second-order valence-electron chi connectivity index (χ2n) is 14.8. The van der Waals surface area contributed by atoms with Crippen LogP contribution in [0.1, 0.15) is 22.3 Å². The van der Waals surface area contributed by atoms with Crippen molar-refractivity contribution in [1.29, 1.82) is 0 Å². The first-order chi connectivity index (χ1) is 27.8. The Balaban J connectivity index is 1.19. The molecule has 2 aliphatic carbocycles. The molecule has 0 bridgehead atoms. The van der Waals surface area contributed by atoms with Crippen molar-refractivity contribution in [3.05, 3.63) is 216 Å². The summed E-state index contributed by atoms with van der Waals surface area (Å²) in [6.45, 7) is 0. The van der Waals surface area contributed by atoms with Gasteiger partial charge in [-0.15, -0.1) is 11.3 Å². The Morgan fingerprint density at radius 2 is 0.839 bits per heavy atom. The normalized spacial score (nSPS) is 13.1. The zero-order chi connectivity index (χ0) is 36.8. The SMILES string of the molecule is c1ccc(-c2ccccc2-c2cc(-c3cccc4c3sc3ccccc34)nc(-c3cccc4c3C3(c5ccccc5-c5ccccc53)c3ccccc3-4)n2)cc1. The molecule has 2 aliphatic rings. The molecule has 2 aromatic heterocycles. The molecule has 10 aromatic rings. The summed E-state index contributed by atoms with van der Waals surface area (Å²) >= 11 is 1.84. The van der Waals surface area contributed by atoms with Crippen LogP contribution in [0, 0.1) is 0 Å². The minimum Gasteiger partial charge on any atom is -0.228 e. The van der Waals surface area contributed by atoms with E-state index in [4.69, 9.17) is 9.97 Å². The number of fused-ring (bicyclic) bond motifs is 13. The first-order valence-electron chi connectivity index (χ1n) is 19.2. The number of thiophene rings is 1. The van der Waals surface area contributed by atoms with Gasteiger partial charge in [-0.1, -0.05) is 182 Å². The van der Waals surface area contributed by atoms with Crippen LogP contribution in [0.4, 0.5) is 0 Å². The molecule has 0 radical (unpaired) electrons. The summed E-state index contributed by atoms with van der Waals surface area (Å²) in [7, 11) is 0. The lowest BCUT2D eigenvalue weighted by Crippen LogP contribution is -2.26. The van der Waals surface area contributed by atoms with E-state index in [1.807, 2.05) is 11.3 Å². The highest BCUT2D eigenvalue weighted by molar-refractivity contribution is 7.26. The number of nitrogens with zero attached hydrogens (tertiary/aromatic N) is 2. The van der Waals surface area contributed by atoms with Gasteiger partial charge in [-0.25, -0.2) is 9.97 Å². The Labute approximate surface area is 329 Å². The van der Waals surface area contributed by atoms with E-state index in [2.05, 4.69) is 194 Å². The average Bonchev–Trinajstić information content (AvgIpc) is 3.91. The van der Waals surface area contributed by atoms with Crippen molar-refractivity contribution in [3.8, 4) is 67.3 Å². The van der Waals surface area contributed by atoms with Crippen LogP contribution in [0.15, 0.2) is 194 Å². The van der Waals surface area contributed by atoms with Crippen molar-refractivity contribution in [2.75, 3.05) is 0 Å². The maximum Gasteiger partial charge on any atom is 0.160 e. The van der Waals surface area contributed by atoms with Crippen LogP contribution < -0.4 is 0 Å². The molecule has 0 saturated heterocycles. The van der Waals surface area contributed by atoms with Gasteiger partial charge in [-0.05, 0) is 67.8 Å². The molecular weight excluding hydrogens is 697 g/mol. The molecule has 1 spiro atoms. The Bertz CT molecular complexity index is 3150. The van der Waals surface area contributed by atoms with E-state index in [1.165, 1.54) is 64.7 Å². The van der Waals surface area contributed by atoms with Gasteiger partial charge in [-0.3, -0.25) is 0 Å². The number of benzene rings is 8. The van der Waals surface area contributed by atoms with E-state index in [0.29, 0.717) is 0 Å². The Kier molecular flexibility index (Phi) is 6.75. The third-order valence-electron chi connectivity index (χ3n) is 11.9. The van der Waals surface area contributed by atoms with Crippen LogP contribution in [-0.2, 0) is 5.41 Å². The molecule has 0 unspecified atom stereocenters. The quantitative estimate of drug-likeness (QED) is 0.180. The van der Waals surface area contributed by atoms with Crippen LogP contribution in [0.5, 0.6) is 0 Å². The Morgan fingerprint density at radius 1 is 0.357 bits per heavy atom. The number of rotatable bonds is 4. The molecule has 0 N–H and O–H groups in total. The lowest BCUT2D eigenvalue weighted by atomic mass is 9.69. The number of hydrogen-bond donors (Lipinski definition) is 0. The highest BCUT2D eigenvalue weighted by Crippen LogP contribution is 2.64. The van der Waals surface area contributed by atoms with Crippen LogP contribution in [0.25, 0.3) is 87.5 Å². The lowest BCUT2D eigenvalue weighted by molar-refractivity contribution is 0.794. The van der Waals surface area contributed by atoms with Crippen LogP contribution in [0.3, 0.4) is 0 Å². The second kappa shape index (κ2) is 12.0. The molecule has 0 amide bonds. The van der Waals surface area contributed by atoms with Crippen molar-refractivity contribution in [1.82, 2.24) is 9.97 Å². The largest absolute Gasteiger partial charge is 0.228 e. The van der Waals surface area contributed by atoms with Gasteiger partial charge in [0.05, 0.1) is 16.8 Å². The Morgan fingerprint density at radius 3 is 1.55 bits per heavy atom. The summed E-state index contributed by atoms with van der Waals surface area (Å²) in [6, 6.07) is 70.5. The molecule has 8 aromatic carbocycles. The molecule has 0 saturated carbocycles. The van der Waals surface area contributed by atoms with Crippen LogP contribution in [-0.4, -0.2) is 9.97 Å². The first-order valence-corrected chi connectivity index (χ1v) is 20.0. The van der Waals surface area contributed by atoms with E-state index < -0.39 is 5.41 Å². The van der Waals surface area contributed by atoms with Gasteiger partial charge in [0.15, 0.2) is 5.82 Å². The van der Waals surface area contributed by atoms with Gasteiger partial charge in [-0.2, -0.15) is 0 Å². The summed E-state index contributed by atoms with van der Waals surface area (Å²) in [5.74, 6) is 0.726. The molecule has 2 heterocycles. The predicted octanol–water partition coefficient (Wildman–Crippen LogP) is 13.9. The summed E-state index contributed by atoms with van der Waals surface area (Å²) in [4.78, 5) is 11.2. The molecule has 0 fully saturated rings. The van der Waals surface area contributed by atoms with E-state index in [0.717, 1.165) is 45.0 Å². The van der Waals surface area contributed by atoms with Crippen LogP contribution >= 0.6 is 11.3 Å². The molecule has 260 valence electrons. The smallest absolute Gasteiger partial charge is 0.160 e.